The van der Waals surface area contributed by atoms with E-state index in [1.165, 1.54) is 0 Å². The molecule has 1 heterocycles. The van der Waals surface area contributed by atoms with Crippen molar-refractivity contribution in [1.82, 2.24) is 4.90 Å². The van der Waals surface area contributed by atoms with Gasteiger partial charge in [0.15, 0.2) is 0 Å². The van der Waals surface area contributed by atoms with Gasteiger partial charge in [-0.3, -0.25) is 4.90 Å². The van der Waals surface area contributed by atoms with Gasteiger partial charge in [0.25, 0.3) is 0 Å². The second kappa shape index (κ2) is 7.27. The number of nitrogens with zero attached hydrogens (tertiary/aromatic N) is 1. The molecule has 0 radical (unpaired) electrons. The number of aliphatic hydroxyl groups is 1. The largest absolute Gasteiger partial charge is 0.468 e. The number of benzene rings is 1. The first-order valence-corrected chi connectivity index (χ1v) is 7.57. The number of aliphatic hydroxyl groups excluding tert-OH is 1. The highest BCUT2D eigenvalue weighted by molar-refractivity contribution is 9.10. The van der Waals surface area contributed by atoms with E-state index in [4.69, 9.17) is 16.0 Å². The summed E-state index contributed by atoms with van der Waals surface area (Å²) in [6.07, 6.45) is 1.73. The molecule has 1 atom stereocenters. The predicted molar refractivity (Wildman–Crippen MR) is 83.8 cm³/mol. The third-order valence-electron chi connectivity index (χ3n) is 3.11. The Balaban J connectivity index is 1.86. The summed E-state index contributed by atoms with van der Waals surface area (Å²) in [4.78, 5) is 2.11. The molecule has 0 aliphatic heterocycles. The highest BCUT2D eigenvalue weighted by Gasteiger charge is 2.13. The Kier molecular flexibility index (Phi) is 5.66. The van der Waals surface area contributed by atoms with Gasteiger partial charge in [0, 0.05) is 16.0 Å². The fourth-order valence-electron chi connectivity index (χ4n) is 2.02. The quantitative estimate of drug-likeness (QED) is 0.838. The van der Waals surface area contributed by atoms with Crippen molar-refractivity contribution in [2.75, 3.05) is 13.6 Å². The zero-order chi connectivity index (χ0) is 14.5. The maximum Gasteiger partial charge on any atom is 0.117 e. The molecular weight excluding hydrogens is 342 g/mol. The van der Waals surface area contributed by atoms with Crippen molar-refractivity contribution in [2.45, 2.75) is 19.1 Å². The van der Waals surface area contributed by atoms with Crippen LogP contribution in [0.4, 0.5) is 0 Å². The van der Waals surface area contributed by atoms with E-state index in [0.717, 1.165) is 28.9 Å². The second-order valence-corrected chi connectivity index (χ2v) is 6.11. The summed E-state index contributed by atoms with van der Waals surface area (Å²) in [6, 6.07) is 9.35. The number of halogens is 2. The molecule has 0 saturated heterocycles. The minimum Gasteiger partial charge on any atom is -0.468 e. The zero-order valence-corrected chi connectivity index (χ0v) is 13.6. The van der Waals surface area contributed by atoms with Crippen LogP contribution in [-0.2, 0) is 6.54 Å². The predicted octanol–water partition coefficient (Wildman–Crippen LogP) is 4.25. The first kappa shape index (κ1) is 15.6. The van der Waals surface area contributed by atoms with Crippen molar-refractivity contribution < 1.29 is 9.52 Å². The molecule has 2 aromatic rings. The lowest BCUT2D eigenvalue weighted by atomic mass is 10.1. The summed E-state index contributed by atoms with van der Waals surface area (Å²) in [5.74, 6) is 0.920. The lowest BCUT2D eigenvalue weighted by Gasteiger charge is -2.18. The standard InChI is InChI=1S/C15H17BrClNO2/c1-18(10-12-3-2-8-20-12)7-6-15(19)13-5-4-11(16)9-14(13)17/h2-5,8-9,15,19H,6-7,10H2,1H3. The van der Waals surface area contributed by atoms with Crippen molar-refractivity contribution in [3.8, 4) is 0 Å². The molecule has 2 rings (SSSR count). The molecule has 3 nitrogen and oxygen atoms in total. The van der Waals surface area contributed by atoms with E-state index in [9.17, 15) is 5.11 Å². The van der Waals surface area contributed by atoms with Crippen molar-refractivity contribution >= 4 is 27.5 Å². The Morgan fingerprint density at radius 2 is 2.20 bits per heavy atom. The summed E-state index contributed by atoms with van der Waals surface area (Å²) >= 11 is 9.49. The average Bonchev–Trinajstić information content (AvgIpc) is 2.89. The first-order chi connectivity index (χ1) is 9.56. The van der Waals surface area contributed by atoms with E-state index in [1.54, 1.807) is 12.3 Å². The van der Waals surface area contributed by atoms with Gasteiger partial charge in [-0.1, -0.05) is 33.6 Å². The van der Waals surface area contributed by atoms with Crippen molar-refractivity contribution in [2.24, 2.45) is 0 Å². The minimum absolute atomic E-state index is 0.561. The summed E-state index contributed by atoms with van der Waals surface area (Å²) in [6.45, 7) is 1.49. The molecule has 0 spiro atoms. The van der Waals surface area contributed by atoms with E-state index in [0.29, 0.717) is 11.4 Å². The molecule has 108 valence electrons. The van der Waals surface area contributed by atoms with Gasteiger partial charge in [-0.15, -0.1) is 0 Å². The van der Waals surface area contributed by atoms with Crippen LogP contribution in [0.2, 0.25) is 5.02 Å². The Morgan fingerprint density at radius 1 is 1.40 bits per heavy atom. The summed E-state index contributed by atoms with van der Waals surface area (Å²) in [5, 5.41) is 10.8. The van der Waals surface area contributed by atoms with E-state index in [2.05, 4.69) is 20.8 Å². The van der Waals surface area contributed by atoms with Crippen molar-refractivity contribution in [3.05, 3.63) is 57.4 Å². The lowest BCUT2D eigenvalue weighted by molar-refractivity contribution is 0.145. The molecule has 5 heteroatoms. The van der Waals surface area contributed by atoms with Gasteiger partial charge in [0.1, 0.15) is 5.76 Å². The third kappa shape index (κ3) is 4.35. The van der Waals surface area contributed by atoms with Gasteiger partial charge in [-0.2, -0.15) is 0 Å². The number of rotatable bonds is 6. The molecule has 0 bridgehead atoms. The molecule has 0 fully saturated rings. The van der Waals surface area contributed by atoms with Crippen molar-refractivity contribution in [1.29, 1.82) is 0 Å². The lowest BCUT2D eigenvalue weighted by Crippen LogP contribution is -2.20. The molecule has 0 saturated carbocycles. The van der Waals surface area contributed by atoms with Crippen LogP contribution in [0.3, 0.4) is 0 Å². The zero-order valence-electron chi connectivity index (χ0n) is 11.2. The third-order valence-corrected chi connectivity index (χ3v) is 3.93. The van der Waals surface area contributed by atoms with Crippen LogP contribution in [0, 0.1) is 0 Å². The smallest absolute Gasteiger partial charge is 0.117 e. The monoisotopic (exact) mass is 357 g/mol. The summed E-state index contributed by atoms with van der Waals surface area (Å²) in [5.41, 5.74) is 0.765. The molecule has 1 unspecified atom stereocenters. The van der Waals surface area contributed by atoms with Gasteiger partial charge in [0.05, 0.1) is 18.9 Å². The Hall–Kier alpha value is -0.810. The van der Waals surface area contributed by atoms with E-state index >= 15 is 0 Å². The van der Waals surface area contributed by atoms with Crippen LogP contribution in [-0.4, -0.2) is 23.6 Å². The number of hydrogen-bond donors (Lipinski definition) is 1. The SMILES string of the molecule is CN(CCC(O)c1ccc(Br)cc1Cl)Cc1ccco1. The van der Waals surface area contributed by atoms with Crippen LogP contribution in [0.5, 0.6) is 0 Å². The first-order valence-electron chi connectivity index (χ1n) is 6.40. The van der Waals surface area contributed by atoms with Gasteiger partial charge in [0.2, 0.25) is 0 Å². The maximum absolute atomic E-state index is 10.2. The number of hydrogen-bond acceptors (Lipinski definition) is 3. The topological polar surface area (TPSA) is 36.6 Å². The van der Waals surface area contributed by atoms with Crippen LogP contribution in [0.15, 0.2) is 45.5 Å². The van der Waals surface area contributed by atoms with Gasteiger partial charge in [-0.05, 0) is 43.3 Å². The minimum atomic E-state index is -0.561. The molecule has 0 aliphatic rings. The molecular formula is C15H17BrClNO2. The summed E-state index contributed by atoms with van der Waals surface area (Å²) < 4.78 is 6.21. The van der Waals surface area contributed by atoms with E-state index in [-0.39, 0.29) is 0 Å². The fraction of sp³-hybridized carbons (Fsp3) is 0.333. The average molecular weight is 359 g/mol. The Bertz CT molecular complexity index is 545. The summed E-state index contributed by atoms with van der Waals surface area (Å²) in [7, 11) is 2.00. The van der Waals surface area contributed by atoms with Gasteiger partial charge >= 0.3 is 0 Å². The molecule has 1 aromatic heterocycles. The second-order valence-electron chi connectivity index (χ2n) is 4.79. The van der Waals surface area contributed by atoms with Crippen LogP contribution < -0.4 is 0 Å². The molecule has 0 amide bonds. The fourth-order valence-corrected chi connectivity index (χ4v) is 2.82. The molecule has 1 N–H and O–H groups in total. The number of furan rings is 1. The maximum atomic E-state index is 10.2. The molecule has 20 heavy (non-hydrogen) atoms. The molecule has 0 aliphatic carbocycles. The normalized spacial score (nSPS) is 12.8. The van der Waals surface area contributed by atoms with Crippen LogP contribution in [0.25, 0.3) is 0 Å². The van der Waals surface area contributed by atoms with E-state index in [1.807, 2.05) is 31.3 Å². The Morgan fingerprint density at radius 3 is 2.85 bits per heavy atom. The molecule has 1 aromatic carbocycles. The van der Waals surface area contributed by atoms with Crippen LogP contribution in [0.1, 0.15) is 23.8 Å². The van der Waals surface area contributed by atoms with Gasteiger partial charge < -0.3 is 9.52 Å². The van der Waals surface area contributed by atoms with Gasteiger partial charge in [-0.25, -0.2) is 0 Å². The van der Waals surface area contributed by atoms with E-state index < -0.39 is 6.10 Å². The highest BCUT2D eigenvalue weighted by Crippen LogP contribution is 2.28. The Labute approximate surface area is 132 Å². The van der Waals surface area contributed by atoms with Crippen molar-refractivity contribution in [3.63, 3.8) is 0 Å². The van der Waals surface area contributed by atoms with Crippen LogP contribution >= 0.6 is 27.5 Å². The highest BCUT2D eigenvalue weighted by atomic mass is 79.9.